The highest BCUT2D eigenvalue weighted by atomic mass is 32.2. The third kappa shape index (κ3) is 11.5. The van der Waals surface area contributed by atoms with E-state index in [-0.39, 0.29) is 55.1 Å². The average Bonchev–Trinajstić information content (AvgIpc) is 2.89. The number of nitrogens with zero attached hydrogens (tertiary/aromatic N) is 1. The lowest BCUT2D eigenvalue weighted by molar-refractivity contribution is -0.385. The first-order chi connectivity index (χ1) is 18.0. The Kier molecular flexibility index (Phi) is 14.7. The third-order valence-corrected chi connectivity index (χ3v) is 6.08. The van der Waals surface area contributed by atoms with Crippen LogP contribution in [0.1, 0.15) is 12.0 Å². The number of methoxy groups -OCH3 is 2. The Labute approximate surface area is 219 Å². The van der Waals surface area contributed by atoms with Gasteiger partial charge in [-0.15, -0.1) is 0 Å². The number of rotatable bonds is 3. The highest BCUT2D eigenvalue weighted by molar-refractivity contribution is 7.98. The molecule has 0 radical (unpaired) electrons. The molecule has 37 heavy (non-hydrogen) atoms. The van der Waals surface area contributed by atoms with Gasteiger partial charge in [0, 0.05) is 23.5 Å². The van der Waals surface area contributed by atoms with Gasteiger partial charge in [0.1, 0.15) is 12.6 Å². The van der Waals surface area contributed by atoms with Gasteiger partial charge in [0.25, 0.3) is 5.69 Å². The van der Waals surface area contributed by atoms with E-state index in [9.17, 15) is 19.7 Å². The molecule has 1 aromatic carbocycles. The van der Waals surface area contributed by atoms with Crippen molar-refractivity contribution in [1.82, 2.24) is 5.32 Å². The van der Waals surface area contributed by atoms with E-state index in [0.717, 1.165) is 0 Å². The maximum atomic E-state index is 12.3. The SMILES string of the molecule is COC(=O)C1CSCc2cc(OC)c(cc2[N+](=O)[O-])OCCOCCOCCOCCOCCC(=O)N1. The largest absolute Gasteiger partial charge is 0.493 e. The Morgan fingerprint density at radius 3 is 2.16 bits per heavy atom. The fraction of sp³-hybridized carbons (Fsp3) is 0.652. The molecule has 1 atom stereocenters. The lowest BCUT2D eigenvalue weighted by Crippen LogP contribution is -2.43. The zero-order chi connectivity index (χ0) is 26.9. The van der Waals surface area contributed by atoms with Crippen LogP contribution in [0.4, 0.5) is 5.69 Å². The smallest absolute Gasteiger partial charge is 0.329 e. The first kappa shape index (κ1) is 30.6. The van der Waals surface area contributed by atoms with E-state index in [0.29, 0.717) is 51.0 Å². The number of carbonyl (C=O) groups excluding carboxylic acids is 2. The fourth-order valence-corrected chi connectivity index (χ4v) is 4.17. The topological polar surface area (TPSA) is 154 Å². The fourth-order valence-electron chi connectivity index (χ4n) is 3.15. The van der Waals surface area contributed by atoms with Gasteiger partial charge >= 0.3 is 5.97 Å². The summed E-state index contributed by atoms with van der Waals surface area (Å²) in [4.78, 5) is 35.7. The molecule has 0 spiro atoms. The number of benzene rings is 1. The van der Waals surface area contributed by atoms with Crippen molar-refractivity contribution in [3.63, 3.8) is 0 Å². The molecular formula is C23H34N2O11S. The molecule has 1 amide bonds. The van der Waals surface area contributed by atoms with Gasteiger partial charge in [-0.2, -0.15) is 11.8 Å². The highest BCUT2D eigenvalue weighted by Gasteiger charge is 2.24. The van der Waals surface area contributed by atoms with E-state index in [1.54, 1.807) is 0 Å². The second kappa shape index (κ2) is 17.7. The molecular weight excluding hydrogens is 512 g/mol. The zero-order valence-corrected chi connectivity index (χ0v) is 21.9. The van der Waals surface area contributed by atoms with E-state index in [2.05, 4.69) is 5.32 Å². The van der Waals surface area contributed by atoms with Crippen LogP contribution in [-0.4, -0.2) is 102 Å². The van der Waals surface area contributed by atoms with Crippen LogP contribution in [0.3, 0.4) is 0 Å². The lowest BCUT2D eigenvalue weighted by Gasteiger charge is -2.17. The van der Waals surface area contributed by atoms with E-state index in [4.69, 9.17) is 33.2 Å². The molecule has 0 saturated heterocycles. The number of nitrogens with one attached hydrogen (secondary N) is 1. The molecule has 0 aliphatic carbocycles. The molecule has 13 nitrogen and oxygen atoms in total. The summed E-state index contributed by atoms with van der Waals surface area (Å²) in [5, 5.41) is 14.3. The van der Waals surface area contributed by atoms with Crippen LogP contribution >= 0.6 is 11.8 Å². The molecule has 1 unspecified atom stereocenters. The van der Waals surface area contributed by atoms with Crippen LogP contribution in [0.15, 0.2) is 12.1 Å². The highest BCUT2D eigenvalue weighted by Crippen LogP contribution is 2.36. The van der Waals surface area contributed by atoms with Crippen molar-refractivity contribution in [1.29, 1.82) is 0 Å². The molecule has 2 heterocycles. The van der Waals surface area contributed by atoms with E-state index < -0.39 is 16.9 Å². The first-order valence-electron chi connectivity index (χ1n) is 11.7. The average molecular weight is 547 g/mol. The molecule has 0 fully saturated rings. The monoisotopic (exact) mass is 546 g/mol. The van der Waals surface area contributed by atoms with Crippen LogP contribution in [-0.2, 0) is 39.0 Å². The van der Waals surface area contributed by atoms with Gasteiger partial charge in [0.05, 0.1) is 78.1 Å². The van der Waals surface area contributed by atoms with Crippen molar-refractivity contribution in [2.75, 3.05) is 79.4 Å². The number of thioether (sulfide) groups is 1. The number of fused-ring (bicyclic) bond motifs is 22. The van der Waals surface area contributed by atoms with E-state index in [1.165, 1.54) is 38.1 Å². The third-order valence-electron chi connectivity index (χ3n) is 5.00. The van der Waals surface area contributed by atoms with Gasteiger partial charge in [0.2, 0.25) is 5.91 Å². The Morgan fingerprint density at radius 1 is 1.00 bits per heavy atom. The van der Waals surface area contributed by atoms with Gasteiger partial charge in [-0.05, 0) is 6.07 Å². The summed E-state index contributed by atoms with van der Waals surface area (Å²) in [5.41, 5.74) is 0.227. The minimum Gasteiger partial charge on any atom is -0.493 e. The van der Waals surface area contributed by atoms with Crippen LogP contribution in [0.25, 0.3) is 0 Å². The summed E-state index contributed by atoms with van der Waals surface area (Å²) >= 11 is 1.23. The van der Waals surface area contributed by atoms with E-state index in [1.807, 2.05) is 0 Å². The first-order valence-corrected chi connectivity index (χ1v) is 12.9. The van der Waals surface area contributed by atoms with Crippen molar-refractivity contribution in [2.24, 2.45) is 0 Å². The van der Waals surface area contributed by atoms with Crippen molar-refractivity contribution in [3.8, 4) is 11.5 Å². The number of nitro groups is 1. The summed E-state index contributed by atoms with van der Waals surface area (Å²) < 4.78 is 37.5. The Hall–Kier alpha value is -2.65. The Bertz CT molecular complexity index is 871. The molecule has 0 saturated carbocycles. The molecule has 2 bridgehead atoms. The van der Waals surface area contributed by atoms with Gasteiger partial charge in [-0.1, -0.05) is 0 Å². The summed E-state index contributed by atoms with van der Waals surface area (Å²) in [6, 6.07) is 1.91. The number of hydrogen-bond donors (Lipinski definition) is 1. The molecule has 1 N–H and O–H groups in total. The maximum absolute atomic E-state index is 12.3. The number of hydrogen-bond acceptors (Lipinski definition) is 12. The molecule has 2 aliphatic heterocycles. The van der Waals surface area contributed by atoms with Gasteiger partial charge in [-0.25, -0.2) is 4.79 Å². The molecule has 3 rings (SSSR count). The molecule has 0 aromatic heterocycles. The standard InChI is InChI=1S/C23H34N2O11S/c1-30-20-13-17-15-37-16-18(23(27)31-2)24-22(26)3-4-32-5-6-33-7-8-34-9-10-35-11-12-36-21(20)14-19(17)25(28)29/h13-14,18H,3-12,15-16H2,1-2H3,(H,24,26). The van der Waals surface area contributed by atoms with Crippen LogP contribution in [0, 0.1) is 10.1 Å². The van der Waals surface area contributed by atoms with Gasteiger partial charge in [0.15, 0.2) is 11.5 Å². The Balaban J connectivity index is 2.11. The van der Waals surface area contributed by atoms with Crippen LogP contribution in [0.2, 0.25) is 0 Å². The summed E-state index contributed by atoms with van der Waals surface area (Å²) in [6.07, 6.45) is 0.0470. The van der Waals surface area contributed by atoms with Gasteiger partial charge < -0.3 is 38.5 Å². The zero-order valence-electron chi connectivity index (χ0n) is 21.1. The summed E-state index contributed by atoms with van der Waals surface area (Å²) in [5.74, 6) is -0.132. The van der Waals surface area contributed by atoms with Crippen LogP contribution < -0.4 is 14.8 Å². The van der Waals surface area contributed by atoms with Crippen molar-refractivity contribution in [3.05, 3.63) is 27.8 Å². The number of ether oxygens (including phenoxy) is 7. The van der Waals surface area contributed by atoms with Crippen molar-refractivity contribution < 1.29 is 47.7 Å². The summed E-state index contributed by atoms with van der Waals surface area (Å²) in [6.45, 7) is 2.75. The predicted octanol–water partition coefficient (Wildman–Crippen LogP) is 1.34. The maximum Gasteiger partial charge on any atom is 0.329 e. The molecule has 208 valence electrons. The second-order valence-electron chi connectivity index (χ2n) is 7.60. The van der Waals surface area contributed by atoms with E-state index >= 15 is 0 Å². The number of esters is 1. The van der Waals surface area contributed by atoms with Crippen LogP contribution in [0.5, 0.6) is 11.5 Å². The predicted molar refractivity (Wildman–Crippen MR) is 133 cm³/mol. The number of amides is 1. The van der Waals surface area contributed by atoms with Crippen molar-refractivity contribution >= 4 is 29.3 Å². The normalized spacial score (nSPS) is 19.9. The Morgan fingerprint density at radius 2 is 1.59 bits per heavy atom. The summed E-state index contributed by atoms with van der Waals surface area (Å²) in [7, 11) is 2.66. The quantitative estimate of drug-likeness (QED) is 0.252. The lowest BCUT2D eigenvalue weighted by atomic mass is 10.2. The van der Waals surface area contributed by atoms with Gasteiger partial charge in [-0.3, -0.25) is 14.9 Å². The molecule has 14 heteroatoms. The second-order valence-corrected chi connectivity index (χ2v) is 8.63. The van der Waals surface area contributed by atoms with Crippen molar-refractivity contribution in [2.45, 2.75) is 18.2 Å². The minimum atomic E-state index is -0.927. The molecule has 1 aromatic rings. The molecule has 2 aliphatic rings. The minimum absolute atomic E-state index is 0.0470. The number of carbonyl (C=O) groups is 2. The number of nitro benzene ring substituents is 1.